The number of morpholine rings is 1. The molecule has 22 heavy (non-hydrogen) atoms. The molecule has 0 amide bonds. The zero-order valence-corrected chi connectivity index (χ0v) is 13.8. The van der Waals surface area contributed by atoms with E-state index in [1.54, 1.807) is 6.20 Å². The van der Waals surface area contributed by atoms with Crippen LogP contribution in [-0.2, 0) is 4.74 Å². The van der Waals surface area contributed by atoms with E-state index in [1.165, 1.54) is 0 Å². The summed E-state index contributed by atoms with van der Waals surface area (Å²) in [6.07, 6.45) is 3.86. The smallest absolute Gasteiger partial charge is 0.247 e. The second kappa shape index (κ2) is 9.53. The monoisotopic (exact) mass is 308 g/mol. The summed E-state index contributed by atoms with van der Waals surface area (Å²) in [5.41, 5.74) is 0. The summed E-state index contributed by atoms with van der Waals surface area (Å²) in [5.74, 6) is 1.52. The molecule has 1 N–H and O–H groups in total. The van der Waals surface area contributed by atoms with Crippen LogP contribution in [0.15, 0.2) is 6.20 Å². The zero-order valence-electron chi connectivity index (χ0n) is 13.8. The third kappa shape index (κ3) is 5.38. The summed E-state index contributed by atoms with van der Waals surface area (Å²) in [4.78, 5) is 9.18. The molecule has 1 aromatic heterocycles. The molecule has 0 saturated carbocycles. The van der Waals surface area contributed by atoms with Crippen LogP contribution in [0.2, 0.25) is 0 Å². The summed E-state index contributed by atoms with van der Waals surface area (Å²) in [7, 11) is 0. The van der Waals surface area contributed by atoms with E-state index in [4.69, 9.17) is 4.74 Å². The molecule has 1 fully saturated rings. The van der Waals surface area contributed by atoms with Crippen molar-refractivity contribution in [3.63, 3.8) is 0 Å². The van der Waals surface area contributed by atoms with Crippen LogP contribution in [0.1, 0.15) is 26.7 Å². The van der Waals surface area contributed by atoms with E-state index in [-0.39, 0.29) is 0 Å². The number of nitrogens with one attached hydrogen (secondary N) is 1. The highest BCUT2D eigenvalue weighted by Crippen LogP contribution is 2.10. The molecule has 7 heteroatoms. The number of rotatable bonds is 9. The van der Waals surface area contributed by atoms with Crippen LogP contribution in [0.4, 0.5) is 11.8 Å². The molecule has 1 aromatic rings. The van der Waals surface area contributed by atoms with Gasteiger partial charge in [-0.3, -0.25) is 4.90 Å². The van der Waals surface area contributed by atoms with E-state index < -0.39 is 0 Å². The number of hydrogen-bond donors (Lipinski definition) is 1. The molecule has 0 unspecified atom stereocenters. The minimum Gasteiger partial charge on any atom is -0.379 e. The van der Waals surface area contributed by atoms with Crippen LogP contribution in [0.5, 0.6) is 0 Å². The molecular weight excluding hydrogens is 280 g/mol. The van der Waals surface area contributed by atoms with Gasteiger partial charge < -0.3 is 15.0 Å². The van der Waals surface area contributed by atoms with Gasteiger partial charge in [-0.05, 0) is 12.8 Å². The topological polar surface area (TPSA) is 66.4 Å². The van der Waals surface area contributed by atoms with E-state index in [0.717, 1.165) is 77.1 Å². The maximum absolute atomic E-state index is 5.35. The number of anilines is 2. The lowest BCUT2D eigenvalue weighted by molar-refractivity contribution is 0.0398. The van der Waals surface area contributed by atoms with Crippen LogP contribution in [0.25, 0.3) is 0 Å². The van der Waals surface area contributed by atoms with Crippen LogP contribution >= 0.6 is 0 Å². The molecule has 0 aliphatic carbocycles. The molecule has 0 radical (unpaired) electrons. The van der Waals surface area contributed by atoms with E-state index in [0.29, 0.717) is 0 Å². The van der Waals surface area contributed by atoms with Gasteiger partial charge in [-0.15, -0.1) is 5.10 Å². The second-order valence-electron chi connectivity index (χ2n) is 5.51. The van der Waals surface area contributed by atoms with Crippen molar-refractivity contribution in [2.24, 2.45) is 0 Å². The standard InChI is InChI=1S/C15H28N6O/c1-3-6-21(7-4-2)15-18-14(13-17-19-15)16-5-8-20-9-11-22-12-10-20/h13H,3-12H2,1-2H3,(H,16,18,19). The van der Waals surface area contributed by atoms with E-state index in [1.807, 2.05) is 0 Å². The first-order chi connectivity index (χ1) is 10.8. The Morgan fingerprint density at radius 3 is 2.64 bits per heavy atom. The Bertz CT molecular complexity index is 418. The molecule has 7 nitrogen and oxygen atoms in total. The van der Waals surface area contributed by atoms with Gasteiger partial charge in [0.05, 0.1) is 19.4 Å². The Morgan fingerprint density at radius 2 is 1.95 bits per heavy atom. The SMILES string of the molecule is CCCN(CCC)c1nncc(NCCN2CCOCC2)n1. The fourth-order valence-corrected chi connectivity index (χ4v) is 2.53. The average Bonchev–Trinajstić information content (AvgIpc) is 2.56. The van der Waals surface area contributed by atoms with E-state index in [9.17, 15) is 0 Å². The number of hydrogen-bond acceptors (Lipinski definition) is 7. The molecule has 124 valence electrons. The highest BCUT2D eigenvalue weighted by atomic mass is 16.5. The van der Waals surface area contributed by atoms with Gasteiger partial charge in [0.15, 0.2) is 5.82 Å². The summed E-state index contributed by atoms with van der Waals surface area (Å²) in [6.45, 7) is 11.8. The Labute approximate surface area is 133 Å². The van der Waals surface area contributed by atoms with Gasteiger partial charge in [-0.1, -0.05) is 13.8 Å². The quantitative estimate of drug-likeness (QED) is 0.736. The molecule has 1 aliphatic rings. The van der Waals surface area contributed by atoms with E-state index >= 15 is 0 Å². The minimum atomic E-state index is 0.722. The average molecular weight is 308 g/mol. The Balaban J connectivity index is 1.84. The third-order valence-electron chi connectivity index (χ3n) is 3.66. The highest BCUT2D eigenvalue weighted by molar-refractivity contribution is 5.38. The van der Waals surface area contributed by atoms with Gasteiger partial charge in [0.2, 0.25) is 5.95 Å². The molecule has 1 aliphatic heterocycles. The molecule has 2 rings (SSSR count). The second-order valence-corrected chi connectivity index (χ2v) is 5.51. The van der Waals surface area contributed by atoms with Gasteiger partial charge in [0, 0.05) is 39.3 Å². The molecule has 0 spiro atoms. The first kappa shape index (κ1) is 16.9. The van der Waals surface area contributed by atoms with Gasteiger partial charge in [-0.2, -0.15) is 10.1 Å². The summed E-state index contributed by atoms with van der Waals surface area (Å²) < 4.78 is 5.35. The van der Waals surface area contributed by atoms with Crippen molar-refractivity contribution in [3.8, 4) is 0 Å². The lowest BCUT2D eigenvalue weighted by Crippen LogP contribution is -2.39. The van der Waals surface area contributed by atoms with Crippen molar-refractivity contribution >= 4 is 11.8 Å². The fraction of sp³-hybridized carbons (Fsp3) is 0.800. The molecule has 0 aromatic carbocycles. The summed E-state index contributed by atoms with van der Waals surface area (Å²) in [5, 5.41) is 11.6. The van der Waals surface area contributed by atoms with Crippen LogP contribution in [0.3, 0.4) is 0 Å². The Kier molecular flexibility index (Phi) is 7.32. The molecule has 1 saturated heterocycles. The minimum absolute atomic E-state index is 0.722. The Hall–Kier alpha value is -1.47. The van der Waals surface area contributed by atoms with Crippen molar-refractivity contribution in [1.29, 1.82) is 0 Å². The van der Waals surface area contributed by atoms with Gasteiger partial charge in [-0.25, -0.2) is 0 Å². The number of ether oxygens (including phenoxy) is 1. The van der Waals surface area contributed by atoms with Crippen LogP contribution in [-0.4, -0.2) is 72.6 Å². The largest absolute Gasteiger partial charge is 0.379 e. The predicted molar refractivity (Wildman–Crippen MR) is 88.4 cm³/mol. The molecule has 0 atom stereocenters. The van der Waals surface area contributed by atoms with Crippen LogP contribution in [0, 0.1) is 0 Å². The highest BCUT2D eigenvalue weighted by Gasteiger charge is 2.11. The van der Waals surface area contributed by atoms with Gasteiger partial charge >= 0.3 is 0 Å². The Morgan fingerprint density at radius 1 is 1.23 bits per heavy atom. The first-order valence-electron chi connectivity index (χ1n) is 8.32. The maximum atomic E-state index is 5.35. The van der Waals surface area contributed by atoms with Crippen molar-refractivity contribution in [3.05, 3.63) is 6.20 Å². The third-order valence-corrected chi connectivity index (χ3v) is 3.66. The predicted octanol–water partition coefficient (Wildman–Crippen LogP) is 1.24. The summed E-state index contributed by atoms with van der Waals surface area (Å²) >= 11 is 0. The van der Waals surface area contributed by atoms with Crippen molar-refractivity contribution < 1.29 is 4.74 Å². The van der Waals surface area contributed by atoms with Crippen molar-refractivity contribution in [2.45, 2.75) is 26.7 Å². The van der Waals surface area contributed by atoms with Crippen molar-refractivity contribution in [1.82, 2.24) is 20.1 Å². The summed E-state index contributed by atoms with van der Waals surface area (Å²) in [6, 6.07) is 0. The number of nitrogens with zero attached hydrogens (tertiary/aromatic N) is 5. The number of aromatic nitrogens is 3. The normalized spacial score (nSPS) is 15.7. The molecule has 0 bridgehead atoms. The fourth-order valence-electron chi connectivity index (χ4n) is 2.53. The van der Waals surface area contributed by atoms with E-state index in [2.05, 4.69) is 44.1 Å². The van der Waals surface area contributed by atoms with Crippen molar-refractivity contribution in [2.75, 3.05) is 62.7 Å². The zero-order chi connectivity index (χ0) is 15.6. The molecule has 2 heterocycles. The van der Waals surface area contributed by atoms with Gasteiger partial charge in [0.1, 0.15) is 0 Å². The lowest BCUT2D eigenvalue weighted by atomic mass is 10.4. The lowest BCUT2D eigenvalue weighted by Gasteiger charge is -2.26. The molecular formula is C15H28N6O. The van der Waals surface area contributed by atoms with Crippen LogP contribution < -0.4 is 10.2 Å². The van der Waals surface area contributed by atoms with Gasteiger partial charge in [0.25, 0.3) is 0 Å². The first-order valence-corrected chi connectivity index (χ1v) is 8.32. The maximum Gasteiger partial charge on any atom is 0.247 e.